The standard InChI is InChI=1S/C23H26BrFO7/c1-10(26)31-9-18(29)22(30)17(28)6-11-12-4-15(25)13-5-16(27)14(24)7-21(13,3)23(12)19(32-23)8-20(11,22)2/h5,7,11-12,15,17,19,28,30H,4,6,8-9H2,1-3H3/t11-,12?,15+,17+,19?,20-,21-,22-,23?/m0/s1. The van der Waals surface area contributed by atoms with Gasteiger partial charge in [0.25, 0.3) is 0 Å². The first-order valence-corrected chi connectivity index (χ1v) is 11.7. The van der Waals surface area contributed by atoms with Gasteiger partial charge in [0.2, 0.25) is 5.78 Å². The van der Waals surface area contributed by atoms with Gasteiger partial charge < -0.3 is 19.7 Å². The number of rotatable bonds is 3. The van der Waals surface area contributed by atoms with E-state index in [9.17, 15) is 24.6 Å². The van der Waals surface area contributed by atoms with E-state index in [0.717, 1.165) is 6.92 Å². The van der Waals surface area contributed by atoms with E-state index in [1.807, 2.05) is 6.92 Å². The number of carbonyl (C=O) groups is 3. The molecule has 3 unspecified atom stereocenters. The van der Waals surface area contributed by atoms with Crippen LogP contribution in [0.25, 0.3) is 0 Å². The zero-order valence-corrected chi connectivity index (χ0v) is 19.6. The highest BCUT2D eigenvalue weighted by Gasteiger charge is 2.83. The Morgan fingerprint density at radius 1 is 1.31 bits per heavy atom. The molecule has 9 atom stereocenters. The Morgan fingerprint density at radius 2 is 2.00 bits per heavy atom. The van der Waals surface area contributed by atoms with Crippen molar-refractivity contribution in [1.29, 1.82) is 0 Å². The first-order valence-electron chi connectivity index (χ1n) is 10.9. The van der Waals surface area contributed by atoms with Gasteiger partial charge >= 0.3 is 5.97 Å². The van der Waals surface area contributed by atoms with Gasteiger partial charge in [-0.3, -0.25) is 14.4 Å². The van der Waals surface area contributed by atoms with E-state index in [1.54, 1.807) is 13.0 Å². The van der Waals surface area contributed by atoms with Crippen LogP contribution in [0.3, 0.4) is 0 Å². The van der Waals surface area contributed by atoms with Crippen LogP contribution in [0.15, 0.2) is 22.2 Å². The molecule has 3 saturated carbocycles. The van der Waals surface area contributed by atoms with Crippen LogP contribution < -0.4 is 0 Å². The Kier molecular flexibility index (Phi) is 4.60. The molecule has 9 heteroatoms. The number of fused-ring (bicyclic) bond motifs is 3. The fraction of sp³-hybridized carbons (Fsp3) is 0.696. The lowest BCUT2D eigenvalue weighted by molar-refractivity contribution is -0.178. The third-order valence-electron chi connectivity index (χ3n) is 9.03. The van der Waals surface area contributed by atoms with Gasteiger partial charge in [-0.15, -0.1) is 0 Å². The molecular weight excluding hydrogens is 487 g/mol. The fourth-order valence-electron chi connectivity index (χ4n) is 7.49. The highest BCUT2D eigenvalue weighted by Crippen LogP contribution is 2.76. The number of halogens is 2. The Morgan fingerprint density at radius 3 is 2.66 bits per heavy atom. The summed E-state index contributed by atoms with van der Waals surface area (Å²) in [6, 6.07) is 0. The lowest BCUT2D eigenvalue weighted by Gasteiger charge is -2.56. The summed E-state index contributed by atoms with van der Waals surface area (Å²) in [7, 11) is 0. The van der Waals surface area contributed by atoms with Crippen molar-refractivity contribution in [2.45, 2.75) is 69.6 Å². The van der Waals surface area contributed by atoms with Crippen LogP contribution in [-0.2, 0) is 23.9 Å². The zero-order valence-electron chi connectivity index (χ0n) is 18.1. The van der Waals surface area contributed by atoms with Gasteiger partial charge in [0, 0.05) is 17.8 Å². The van der Waals surface area contributed by atoms with Gasteiger partial charge in [-0.25, -0.2) is 4.39 Å². The molecule has 0 aromatic rings. The maximum atomic E-state index is 15.5. The third kappa shape index (κ3) is 2.43. The molecule has 0 amide bonds. The number of aliphatic hydroxyl groups excluding tert-OH is 1. The number of allylic oxidation sites excluding steroid dienone is 2. The van der Waals surface area contributed by atoms with Crippen molar-refractivity contribution >= 4 is 33.5 Å². The van der Waals surface area contributed by atoms with E-state index in [0.29, 0.717) is 10.1 Å². The van der Waals surface area contributed by atoms with Crippen LogP contribution >= 0.6 is 15.9 Å². The Hall–Kier alpha value is -1.42. The predicted octanol–water partition coefficient (Wildman–Crippen LogP) is 1.93. The van der Waals surface area contributed by atoms with E-state index in [4.69, 9.17) is 9.47 Å². The molecule has 4 aliphatic carbocycles. The van der Waals surface area contributed by atoms with Crippen molar-refractivity contribution in [3.8, 4) is 0 Å². The van der Waals surface area contributed by atoms with E-state index in [1.165, 1.54) is 6.08 Å². The van der Waals surface area contributed by atoms with Crippen molar-refractivity contribution in [1.82, 2.24) is 0 Å². The average molecular weight is 513 g/mol. The lowest BCUT2D eigenvalue weighted by Crippen LogP contribution is -2.64. The summed E-state index contributed by atoms with van der Waals surface area (Å²) in [5.41, 5.74) is -4.45. The van der Waals surface area contributed by atoms with Gasteiger partial charge in [-0.1, -0.05) is 13.0 Å². The maximum Gasteiger partial charge on any atom is 0.303 e. The van der Waals surface area contributed by atoms with E-state index < -0.39 is 58.6 Å². The average Bonchev–Trinajstić information content (AvgIpc) is 3.39. The second-order valence-electron chi connectivity index (χ2n) is 10.3. The molecule has 2 N–H and O–H groups in total. The van der Waals surface area contributed by atoms with Crippen molar-refractivity contribution in [2.24, 2.45) is 22.7 Å². The normalized spacial score (nSPS) is 50.8. The number of esters is 1. The van der Waals surface area contributed by atoms with Crippen LogP contribution in [0.5, 0.6) is 0 Å². The second-order valence-corrected chi connectivity index (χ2v) is 11.2. The van der Waals surface area contributed by atoms with Gasteiger partial charge in [0.15, 0.2) is 18.0 Å². The quantitative estimate of drug-likeness (QED) is 0.438. The number of carbonyl (C=O) groups excluding carboxylic acids is 3. The summed E-state index contributed by atoms with van der Waals surface area (Å²) in [5.74, 6) is -2.48. The molecule has 4 fully saturated rings. The number of ether oxygens (including phenoxy) is 2. The molecule has 0 aromatic carbocycles. The minimum absolute atomic E-state index is 0.0812. The molecule has 174 valence electrons. The zero-order chi connectivity index (χ0) is 23.4. The van der Waals surface area contributed by atoms with Gasteiger partial charge in [0.05, 0.1) is 16.7 Å². The summed E-state index contributed by atoms with van der Waals surface area (Å²) < 4.78 is 27.0. The molecule has 1 saturated heterocycles. The summed E-state index contributed by atoms with van der Waals surface area (Å²) in [6.07, 6.45) is 0.430. The van der Waals surface area contributed by atoms with Crippen LogP contribution in [0, 0.1) is 22.7 Å². The van der Waals surface area contributed by atoms with E-state index in [-0.39, 0.29) is 37.1 Å². The van der Waals surface area contributed by atoms with Gasteiger partial charge in [0.1, 0.15) is 11.8 Å². The molecular formula is C23H26BrFO7. The lowest BCUT2D eigenvalue weighted by atomic mass is 9.46. The number of hydrogen-bond acceptors (Lipinski definition) is 7. The second kappa shape index (κ2) is 6.58. The molecule has 5 aliphatic rings. The molecule has 1 spiro atoms. The Bertz CT molecular complexity index is 1010. The number of Topliss-reactive ketones (excluding diaryl/α,β-unsaturated/α-hetero) is 1. The SMILES string of the molecule is CC(=O)OCC(=O)[C@@]1(O)[C@H](O)C[C@H]2C3C[C@@H](F)C4=CC(=O)C(Br)=C[C@]4(C)C34OC4C[C@@]21C. The number of alkyl halides is 1. The first kappa shape index (κ1) is 22.4. The smallest absolute Gasteiger partial charge is 0.303 e. The Labute approximate surface area is 193 Å². The van der Waals surface area contributed by atoms with Crippen molar-refractivity contribution < 1.29 is 38.5 Å². The molecule has 32 heavy (non-hydrogen) atoms. The highest BCUT2D eigenvalue weighted by molar-refractivity contribution is 9.12. The van der Waals surface area contributed by atoms with E-state index >= 15 is 4.39 Å². The van der Waals surface area contributed by atoms with Crippen LogP contribution in [0.4, 0.5) is 4.39 Å². The monoisotopic (exact) mass is 512 g/mol. The van der Waals surface area contributed by atoms with Crippen LogP contribution in [0.2, 0.25) is 0 Å². The first-order chi connectivity index (χ1) is 14.8. The molecule has 0 bridgehead atoms. The maximum absolute atomic E-state index is 15.5. The third-order valence-corrected chi connectivity index (χ3v) is 9.65. The highest BCUT2D eigenvalue weighted by atomic mass is 79.9. The molecule has 1 aliphatic heterocycles. The molecule has 0 aromatic heterocycles. The minimum atomic E-state index is -2.13. The van der Waals surface area contributed by atoms with Crippen molar-refractivity contribution in [3.63, 3.8) is 0 Å². The van der Waals surface area contributed by atoms with Crippen LogP contribution in [-0.4, -0.2) is 63.9 Å². The molecule has 5 rings (SSSR count). The fourth-order valence-corrected chi connectivity index (χ4v) is 8.06. The number of epoxide rings is 1. The van der Waals surface area contributed by atoms with E-state index in [2.05, 4.69) is 15.9 Å². The molecule has 0 radical (unpaired) electrons. The summed E-state index contributed by atoms with van der Waals surface area (Å²) in [6.45, 7) is 4.13. The predicted molar refractivity (Wildman–Crippen MR) is 112 cm³/mol. The summed E-state index contributed by atoms with van der Waals surface area (Å²) in [4.78, 5) is 36.4. The van der Waals surface area contributed by atoms with Gasteiger partial charge in [-0.05, 0) is 65.6 Å². The van der Waals surface area contributed by atoms with Crippen molar-refractivity contribution in [3.05, 3.63) is 22.2 Å². The minimum Gasteiger partial charge on any atom is -0.458 e. The summed E-state index contributed by atoms with van der Waals surface area (Å²) in [5, 5.41) is 22.4. The van der Waals surface area contributed by atoms with Crippen molar-refractivity contribution in [2.75, 3.05) is 6.61 Å². The molecule has 7 nitrogen and oxygen atoms in total. The topological polar surface area (TPSA) is 113 Å². The Balaban J connectivity index is 1.56. The number of aliphatic hydroxyl groups is 2. The number of ketones is 2. The van der Waals surface area contributed by atoms with Crippen LogP contribution in [0.1, 0.15) is 40.0 Å². The summed E-state index contributed by atoms with van der Waals surface area (Å²) >= 11 is 3.30. The number of hydrogen-bond donors (Lipinski definition) is 2. The largest absolute Gasteiger partial charge is 0.458 e. The van der Waals surface area contributed by atoms with Gasteiger partial charge in [-0.2, -0.15) is 0 Å². The molecule has 1 heterocycles.